The molecule has 0 saturated carbocycles. The molecule has 1 saturated heterocycles. The van der Waals surface area contributed by atoms with Gasteiger partial charge in [-0.1, -0.05) is 27.7 Å². The van der Waals surface area contributed by atoms with Crippen LogP contribution in [-0.4, -0.2) is 49.8 Å². The van der Waals surface area contributed by atoms with Crippen LogP contribution in [0.3, 0.4) is 0 Å². The average Bonchev–Trinajstić information content (AvgIpc) is 2.21. The van der Waals surface area contributed by atoms with Crippen LogP contribution in [0.4, 0.5) is 0 Å². The van der Waals surface area contributed by atoms with Gasteiger partial charge in [-0.05, 0) is 0 Å². The van der Waals surface area contributed by atoms with Gasteiger partial charge in [-0.2, -0.15) is 0 Å². The lowest BCUT2D eigenvalue weighted by Crippen LogP contribution is -2.72. The molecule has 1 unspecified atom stereocenters. The maximum absolute atomic E-state index is 11.5. The first-order valence-corrected chi connectivity index (χ1v) is 6.44. The summed E-state index contributed by atoms with van der Waals surface area (Å²) >= 11 is 3.76. The van der Waals surface area contributed by atoms with E-state index in [4.69, 9.17) is 10.8 Å². The molecule has 0 aromatic heterocycles. The lowest BCUT2D eigenvalue weighted by atomic mass is 9.98. The zero-order chi connectivity index (χ0) is 12.5. The van der Waals surface area contributed by atoms with Crippen molar-refractivity contribution in [2.24, 2.45) is 5.73 Å². The molecule has 8 heteroatoms. The number of carbonyl (C=O) groups is 3. The Balaban J connectivity index is 2.83. The van der Waals surface area contributed by atoms with Gasteiger partial charge >= 0.3 is 5.97 Å². The number of carboxylic acid groups (broad SMARTS) is 1. The maximum atomic E-state index is 11.5. The standard InChI is InChI=1S/C8H11BrN2O4S/c1-3(12)16-7(8(14)15)11-4(2-9)5(10)6(11)13/h4-5,7H,2,10H2,1H3,(H,14,15)/t4-,5+,7?/m1/s1. The average molecular weight is 311 g/mol. The predicted octanol–water partition coefficient (Wildman–Crippen LogP) is -0.390. The maximum Gasteiger partial charge on any atom is 0.337 e. The van der Waals surface area contributed by atoms with E-state index < -0.39 is 23.3 Å². The number of carbonyl (C=O) groups excluding carboxylic acids is 2. The molecule has 1 rings (SSSR count). The summed E-state index contributed by atoms with van der Waals surface area (Å²) in [4.78, 5) is 34.4. The van der Waals surface area contributed by atoms with Crippen LogP contribution in [-0.2, 0) is 14.4 Å². The summed E-state index contributed by atoms with van der Waals surface area (Å²) in [6.45, 7) is 1.26. The molecular weight excluding hydrogens is 300 g/mol. The van der Waals surface area contributed by atoms with E-state index in [1.165, 1.54) is 6.92 Å². The van der Waals surface area contributed by atoms with Crippen molar-refractivity contribution in [1.82, 2.24) is 4.90 Å². The summed E-state index contributed by atoms with van der Waals surface area (Å²) in [7, 11) is 0. The summed E-state index contributed by atoms with van der Waals surface area (Å²) < 4.78 is 0. The highest BCUT2D eigenvalue weighted by atomic mass is 79.9. The number of nitrogens with two attached hydrogens (primary N) is 1. The Labute approximate surface area is 105 Å². The first-order valence-electron chi connectivity index (χ1n) is 4.44. The minimum atomic E-state index is -1.22. The van der Waals surface area contributed by atoms with Gasteiger partial charge in [0, 0.05) is 12.3 Å². The summed E-state index contributed by atoms with van der Waals surface area (Å²) in [6, 6.07) is -1.06. The van der Waals surface area contributed by atoms with Gasteiger partial charge in [-0.3, -0.25) is 9.59 Å². The van der Waals surface area contributed by atoms with E-state index in [-0.39, 0.29) is 11.2 Å². The van der Waals surface area contributed by atoms with Crippen LogP contribution in [0.1, 0.15) is 6.92 Å². The van der Waals surface area contributed by atoms with Gasteiger partial charge in [0.25, 0.3) is 0 Å². The lowest BCUT2D eigenvalue weighted by Gasteiger charge is -2.46. The Hall–Kier alpha value is -0.600. The Morgan fingerprint density at radius 2 is 2.25 bits per heavy atom. The molecule has 1 heterocycles. The van der Waals surface area contributed by atoms with Gasteiger partial charge in [0.1, 0.15) is 6.04 Å². The molecule has 0 bridgehead atoms. The molecule has 1 aliphatic heterocycles. The van der Waals surface area contributed by atoms with Crippen molar-refractivity contribution in [3.8, 4) is 0 Å². The number of carboxylic acids is 1. The Bertz CT molecular complexity index is 338. The van der Waals surface area contributed by atoms with Crippen LogP contribution in [0.2, 0.25) is 0 Å². The zero-order valence-corrected chi connectivity index (χ0v) is 10.8. The third kappa shape index (κ3) is 2.38. The molecule has 16 heavy (non-hydrogen) atoms. The van der Waals surface area contributed by atoms with E-state index in [9.17, 15) is 14.4 Å². The van der Waals surface area contributed by atoms with E-state index in [0.717, 1.165) is 4.90 Å². The summed E-state index contributed by atoms with van der Waals surface area (Å²) in [5.41, 5.74) is 5.53. The van der Waals surface area contributed by atoms with Crippen LogP contribution in [0, 0.1) is 0 Å². The number of aliphatic carboxylic acids is 1. The first-order chi connectivity index (χ1) is 7.40. The number of thioether (sulfide) groups is 1. The summed E-state index contributed by atoms with van der Waals surface area (Å²) in [6.07, 6.45) is 0. The number of halogens is 1. The minimum absolute atomic E-state index is 0.353. The van der Waals surface area contributed by atoms with Crippen molar-refractivity contribution in [3.05, 3.63) is 0 Å². The number of hydrogen-bond donors (Lipinski definition) is 2. The predicted molar refractivity (Wildman–Crippen MR) is 62.1 cm³/mol. The number of β-lactam (4-membered cyclic amide) rings is 1. The van der Waals surface area contributed by atoms with Crippen molar-refractivity contribution < 1.29 is 19.5 Å². The van der Waals surface area contributed by atoms with Gasteiger partial charge in [-0.15, -0.1) is 0 Å². The fraction of sp³-hybridized carbons (Fsp3) is 0.625. The van der Waals surface area contributed by atoms with Crippen LogP contribution < -0.4 is 5.73 Å². The lowest BCUT2D eigenvalue weighted by molar-refractivity contribution is -0.158. The highest BCUT2D eigenvalue weighted by Gasteiger charge is 2.50. The summed E-state index contributed by atoms with van der Waals surface area (Å²) in [5.74, 6) is -1.66. The highest BCUT2D eigenvalue weighted by molar-refractivity contribution is 9.09. The highest BCUT2D eigenvalue weighted by Crippen LogP contribution is 2.29. The number of alkyl halides is 1. The third-order valence-corrected chi connectivity index (χ3v) is 3.86. The molecule has 0 aliphatic carbocycles. The zero-order valence-electron chi connectivity index (χ0n) is 8.42. The smallest absolute Gasteiger partial charge is 0.337 e. The van der Waals surface area contributed by atoms with Gasteiger partial charge in [0.2, 0.25) is 5.91 Å². The normalized spacial score (nSPS) is 26.2. The van der Waals surface area contributed by atoms with Gasteiger partial charge in [0.15, 0.2) is 10.5 Å². The van der Waals surface area contributed by atoms with Crippen LogP contribution in [0.15, 0.2) is 0 Å². The van der Waals surface area contributed by atoms with Crippen molar-refractivity contribution >= 4 is 44.7 Å². The van der Waals surface area contributed by atoms with Gasteiger partial charge < -0.3 is 15.7 Å². The number of likely N-dealkylation sites (tertiary alicyclic amines) is 1. The molecule has 0 aromatic carbocycles. The first kappa shape index (κ1) is 13.5. The molecule has 3 N–H and O–H groups in total. The summed E-state index contributed by atoms with van der Waals surface area (Å²) in [5, 5.41) is 7.80. The quantitative estimate of drug-likeness (QED) is 0.542. The molecule has 1 aliphatic rings. The molecule has 0 radical (unpaired) electrons. The fourth-order valence-corrected chi connectivity index (χ4v) is 2.94. The molecule has 0 spiro atoms. The van der Waals surface area contributed by atoms with Crippen molar-refractivity contribution in [1.29, 1.82) is 0 Å². The fourth-order valence-electron chi connectivity index (χ4n) is 1.43. The molecule has 90 valence electrons. The van der Waals surface area contributed by atoms with E-state index in [1.54, 1.807) is 0 Å². The number of nitrogens with zero attached hydrogens (tertiary/aromatic N) is 1. The Kier molecular flexibility index (Phi) is 4.34. The topological polar surface area (TPSA) is 101 Å². The second-order valence-corrected chi connectivity index (χ2v) is 5.20. The second kappa shape index (κ2) is 5.15. The van der Waals surface area contributed by atoms with Gasteiger partial charge in [0.05, 0.1) is 6.04 Å². The molecule has 1 amide bonds. The van der Waals surface area contributed by atoms with Crippen molar-refractivity contribution in [2.45, 2.75) is 24.4 Å². The molecular formula is C8H11BrN2O4S. The van der Waals surface area contributed by atoms with Crippen LogP contribution in [0.5, 0.6) is 0 Å². The second-order valence-electron chi connectivity index (χ2n) is 3.29. The SMILES string of the molecule is CC(=O)SC(C(=O)O)N1C(=O)[C@@H](N)[C@H]1CBr. The monoisotopic (exact) mass is 310 g/mol. The molecule has 1 fully saturated rings. The minimum Gasteiger partial charge on any atom is -0.479 e. The van der Waals surface area contributed by atoms with Crippen LogP contribution in [0.25, 0.3) is 0 Å². The van der Waals surface area contributed by atoms with E-state index in [1.807, 2.05) is 0 Å². The number of rotatable bonds is 4. The molecule has 3 atom stereocenters. The molecule has 6 nitrogen and oxygen atoms in total. The third-order valence-electron chi connectivity index (χ3n) is 2.21. The van der Waals surface area contributed by atoms with Gasteiger partial charge in [-0.25, -0.2) is 4.79 Å². The Morgan fingerprint density at radius 3 is 2.62 bits per heavy atom. The van der Waals surface area contributed by atoms with Crippen molar-refractivity contribution in [2.75, 3.05) is 5.33 Å². The van der Waals surface area contributed by atoms with E-state index in [2.05, 4.69) is 15.9 Å². The number of hydrogen-bond acceptors (Lipinski definition) is 5. The molecule has 0 aromatic rings. The largest absolute Gasteiger partial charge is 0.479 e. The van der Waals surface area contributed by atoms with E-state index in [0.29, 0.717) is 17.1 Å². The number of amides is 1. The van der Waals surface area contributed by atoms with Crippen LogP contribution >= 0.6 is 27.7 Å². The Morgan fingerprint density at radius 1 is 1.69 bits per heavy atom. The van der Waals surface area contributed by atoms with Crippen molar-refractivity contribution in [3.63, 3.8) is 0 Å². The van der Waals surface area contributed by atoms with E-state index >= 15 is 0 Å².